The lowest BCUT2D eigenvalue weighted by atomic mass is 10.2. The van der Waals surface area contributed by atoms with Crippen LogP contribution in [0.15, 0.2) is 24.3 Å². The van der Waals surface area contributed by atoms with Gasteiger partial charge >= 0.3 is 17.8 Å². The molecule has 6 heteroatoms. The maximum absolute atomic E-state index is 12.0. The van der Waals surface area contributed by atoms with E-state index in [-0.39, 0.29) is 17.9 Å². The van der Waals surface area contributed by atoms with Crippen molar-refractivity contribution >= 4 is 23.5 Å². The molecule has 1 aliphatic rings. The van der Waals surface area contributed by atoms with Crippen molar-refractivity contribution in [2.45, 2.75) is 19.8 Å². The van der Waals surface area contributed by atoms with Gasteiger partial charge in [-0.2, -0.15) is 0 Å². The number of benzene rings is 1. The van der Waals surface area contributed by atoms with Gasteiger partial charge in [0.1, 0.15) is 0 Å². The topological polar surface area (TPSA) is 75.7 Å². The van der Waals surface area contributed by atoms with E-state index < -0.39 is 17.8 Å². The van der Waals surface area contributed by atoms with Crippen LogP contribution in [0.2, 0.25) is 0 Å². The maximum atomic E-state index is 12.0. The molecule has 6 nitrogen and oxygen atoms in total. The first-order valence-corrected chi connectivity index (χ1v) is 7.00. The summed E-state index contributed by atoms with van der Waals surface area (Å²) in [5.74, 6) is -1.82. The molecule has 1 aromatic carbocycles. The number of hydrogen-bond donors (Lipinski definition) is 1. The fourth-order valence-corrected chi connectivity index (χ4v) is 2.22. The molecule has 2 amide bonds. The van der Waals surface area contributed by atoms with E-state index in [1.807, 2.05) is 0 Å². The van der Waals surface area contributed by atoms with Crippen LogP contribution in [0.4, 0.5) is 5.69 Å². The second kappa shape index (κ2) is 6.88. The number of carbonyl (C=O) groups excluding carboxylic acids is 3. The molecule has 0 aromatic heterocycles. The normalized spacial score (nSPS) is 13.9. The van der Waals surface area contributed by atoms with E-state index in [9.17, 15) is 14.4 Å². The van der Waals surface area contributed by atoms with Gasteiger partial charge in [0.15, 0.2) is 0 Å². The number of ether oxygens (including phenoxy) is 1. The number of esters is 1. The zero-order valence-corrected chi connectivity index (χ0v) is 11.9. The zero-order valence-electron chi connectivity index (χ0n) is 11.9. The summed E-state index contributed by atoms with van der Waals surface area (Å²) >= 11 is 0. The third-order valence-corrected chi connectivity index (χ3v) is 3.26. The van der Waals surface area contributed by atoms with Crippen LogP contribution in [-0.2, 0) is 14.3 Å². The molecule has 1 fully saturated rings. The molecule has 0 spiro atoms. The van der Waals surface area contributed by atoms with Crippen molar-refractivity contribution in [1.29, 1.82) is 0 Å². The lowest BCUT2D eigenvalue weighted by molar-refractivity contribution is -0.142. The number of amides is 2. The number of para-hydroxylation sites is 1. The van der Waals surface area contributed by atoms with Gasteiger partial charge in [0.25, 0.3) is 0 Å². The van der Waals surface area contributed by atoms with Crippen LogP contribution in [0, 0.1) is 0 Å². The van der Waals surface area contributed by atoms with Gasteiger partial charge in [0.2, 0.25) is 0 Å². The van der Waals surface area contributed by atoms with Crippen LogP contribution in [0.1, 0.15) is 30.1 Å². The van der Waals surface area contributed by atoms with E-state index in [1.165, 1.54) is 4.90 Å². The Hall–Kier alpha value is -2.37. The minimum Gasteiger partial charge on any atom is -0.462 e. The van der Waals surface area contributed by atoms with E-state index in [2.05, 4.69) is 5.32 Å². The quantitative estimate of drug-likeness (QED) is 0.675. The van der Waals surface area contributed by atoms with Gasteiger partial charge in [-0.05, 0) is 31.9 Å². The summed E-state index contributed by atoms with van der Waals surface area (Å²) in [5.41, 5.74) is 0.524. The van der Waals surface area contributed by atoms with E-state index in [0.717, 1.165) is 12.8 Å². The molecule has 0 unspecified atom stereocenters. The molecular formula is C15H18N2O4. The predicted molar refractivity (Wildman–Crippen MR) is 76.8 cm³/mol. The number of anilines is 1. The molecule has 2 rings (SSSR count). The van der Waals surface area contributed by atoms with Crippen molar-refractivity contribution in [3.8, 4) is 0 Å². The highest BCUT2D eigenvalue weighted by atomic mass is 16.5. The summed E-state index contributed by atoms with van der Waals surface area (Å²) in [4.78, 5) is 37.3. The van der Waals surface area contributed by atoms with Crippen LogP contribution in [0.25, 0.3) is 0 Å². The highest BCUT2D eigenvalue weighted by Crippen LogP contribution is 2.17. The van der Waals surface area contributed by atoms with Crippen LogP contribution in [0.5, 0.6) is 0 Å². The molecule has 21 heavy (non-hydrogen) atoms. The number of hydrogen-bond acceptors (Lipinski definition) is 4. The molecule has 0 radical (unpaired) electrons. The first-order valence-electron chi connectivity index (χ1n) is 7.00. The van der Waals surface area contributed by atoms with Crippen molar-refractivity contribution in [3.05, 3.63) is 29.8 Å². The van der Waals surface area contributed by atoms with Gasteiger partial charge in [-0.15, -0.1) is 0 Å². The average molecular weight is 290 g/mol. The van der Waals surface area contributed by atoms with Crippen LogP contribution >= 0.6 is 0 Å². The third-order valence-electron chi connectivity index (χ3n) is 3.26. The minimum atomic E-state index is -0.728. The Balaban J connectivity index is 2.10. The molecule has 1 heterocycles. The van der Waals surface area contributed by atoms with Crippen LogP contribution in [-0.4, -0.2) is 42.4 Å². The molecule has 1 aromatic rings. The lowest BCUT2D eigenvalue weighted by Crippen LogP contribution is -2.38. The standard InChI is InChI=1S/C15H18N2O4/c1-2-21-15(20)11-7-3-4-8-12(11)16-13(18)14(19)17-9-5-6-10-17/h3-4,7-8H,2,5-6,9-10H2,1H3,(H,16,18). The Labute approximate surface area is 123 Å². The Morgan fingerprint density at radius 3 is 2.52 bits per heavy atom. The average Bonchev–Trinajstić information content (AvgIpc) is 3.01. The molecule has 1 N–H and O–H groups in total. The van der Waals surface area contributed by atoms with E-state index in [1.54, 1.807) is 31.2 Å². The SMILES string of the molecule is CCOC(=O)c1ccccc1NC(=O)C(=O)N1CCCC1. The smallest absolute Gasteiger partial charge is 0.340 e. The maximum Gasteiger partial charge on any atom is 0.340 e. The molecule has 0 atom stereocenters. The van der Waals surface area contributed by atoms with Crippen molar-refractivity contribution < 1.29 is 19.1 Å². The largest absolute Gasteiger partial charge is 0.462 e. The van der Waals surface area contributed by atoms with Gasteiger partial charge < -0.3 is 15.0 Å². The first kappa shape index (κ1) is 15.0. The summed E-state index contributed by atoms with van der Waals surface area (Å²) in [6.45, 7) is 3.15. The number of carbonyl (C=O) groups is 3. The Bertz CT molecular complexity index is 550. The Morgan fingerprint density at radius 2 is 1.86 bits per heavy atom. The molecule has 0 saturated carbocycles. The summed E-state index contributed by atoms with van der Waals surface area (Å²) in [6, 6.07) is 6.47. The van der Waals surface area contributed by atoms with Crippen molar-refractivity contribution in [2.24, 2.45) is 0 Å². The van der Waals surface area contributed by atoms with Crippen molar-refractivity contribution in [1.82, 2.24) is 4.90 Å². The number of nitrogens with zero attached hydrogens (tertiary/aromatic N) is 1. The van der Waals surface area contributed by atoms with Gasteiger partial charge in [-0.1, -0.05) is 12.1 Å². The predicted octanol–water partition coefficient (Wildman–Crippen LogP) is 1.42. The Kier molecular flexibility index (Phi) is 4.92. The number of nitrogens with one attached hydrogen (secondary N) is 1. The number of likely N-dealkylation sites (tertiary alicyclic amines) is 1. The third kappa shape index (κ3) is 3.59. The van der Waals surface area contributed by atoms with Crippen molar-refractivity contribution in [2.75, 3.05) is 25.0 Å². The number of rotatable bonds is 3. The van der Waals surface area contributed by atoms with Crippen LogP contribution < -0.4 is 5.32 Å². The Morgan fingerprint density at radius 1 is 1.19 bits per heavy atom. The molecular weight excluding hydrogens is 272 g/mol. The van der Waals surface area contributed by atoms with Crippen LogP contribution in [0.3, 0.4) is 0 Å². The van der Waals surface area contributed by atoms with Gasteiger partial charge in [0, 0.05) is 13.1 Å². The van der Waals surface area contributed by atoms with E-state index in [0.29, 0.717) is 13.1 Å². The zero-order chi connectivity index (χ0) is 15.2. The minimum absolute atomic E-state index is 0.238. The van der Waals surface area contributed by atoms with Gasteiger partial charge in [-0.25, -0.2) is 4.79 Å². The van der Waals surface area contributed by atoms with E-state index in [4.69, 9.17) is 4.74 Å². The summed E-state index contributed by atoms with van der Waals surface area (Å²) in [5, 5.41) is 2.50. The van der Waals surface area contributed by atoms with E-state index >= 15 is 0 Å². The molecule has 0 aliphatic carbocycles. The molecule has 0 bridgehead atoms. The first-order chi connectivity index (χ1) is 10.1. The molecule has 1 saturated heterocycles. The lowest BCUT2D eigenvalue weighted by Gasteiger charge is -2.15. The summed E-state index contributed by atoms with van der Waals surface area (Å²) in [7, 11) is 0. The fraction of sp³-hybridized carbons (Fsp3) is 0.400. The van der Waals surface area contributed by atoms with Crippen molar-refractivity contribution in [3.63, 3.8) is 0 Å². The second-order valence-electron chi connectivity index (χ2n) is 4.72. The molecule has 112 valence electrons. The highest BCUT2D eigenvalue weighted by Gasteiger charge is 2.25. The summed E-state index contributed by atoms with van der Waals surface area (Å²) in [6.07, 6.45) is 1.83. The van der Waals surface area contributed by atoms with Gasteiger partial charge in [0.05, 0.1) is 17.9 Å². The fourth-order valence-electron chi connectivity index (χ4n) is 2.22. The van der Waals surface area contributed by atoms with Gasteiger partial charge in [-0.3, -0.25) is 9.59 Å². The summed E-state index contributed by atoms with van der Waals surface area (Å²) < 4.78 is 4.92. The highest BCUT2D eigenvalue weighted by molar-refractivity contribution is 6.39. The molecule has 1 aliphatic heterocycles. The monoisotopic (exact) mass is 290 g/mol. The second-order valence-corrected chi connectivity index (χ2v) is 4.72.